The van der Waals surface area contributed by atoms with Gasteiger partial charge in [0.1, 0.15) is 6.04 Å². The van der Waals surface area contributed by atoms with E-state index in [1.165, 1.54) is 56.5 Å². The first-order valence-corrected chi connectivity index (χ1v) is 10.3. The predicted molar refractivity (Wildman–Crippen MR) is 108 cm³/mol. The molecule has 0 aromatic heterocycles. The lowest BCUT2D eigenvalue weighted by atomic mass is 9.93. The van der Waals surface area contributed by atoms with E-state index in [2.05, 4.69) is 12.2 Å². The first-order chi connectivity index (χ1) is 12.9. The van der Waals surface area contributed by atoms with Gasteiger partial charge in [0.2, 0.25) is 0 Å². The minimum Gasteiger partial charge on any atom is -0.359 e. The molecule has 1 heterocycles. The van der Waals surface area contributed by atoms with Crippen LogP contribution in [0.15, 0.2) is 30.3 Å². The van der Waals surface area contributed by atoms with Crippen molar-refractivity contribution >= 4 is 11.3 Å². The Morgan fingerprint density at radius 3 is 2.33 bits per heavy atom. The van der Waals surface area contributed by atoms with E-state index >= 15 is 0 Å². The highest BCUT2D eigenvalue weighted by Gasteiger charge is 2.43. The molecule has 0 amide bonds. The van der Waals surface area contributed by atoms with Crippen LogP contribution in [0.2, 0.25) is 0 Å². The van der Waals surface area contributed by atoms with Crippen LogP contribution in [0.3, 0.4) is 0 Å². The Balaban J connectivity index is 1.80. The Morgan fingerprint density at radius 1 is 0.963 bits per heavy atom. The van der Waals surface area contributed by atoms with Crippen LogP contribution in [0.25, 0.3) is 5.57 Å². The van der Waals surface area contributed by atoms with Gasteiger partial charge in [-0.05, 0) is 43.6 Å². The van der Waals surface area contributed by atoms with E-state index in [9.17, 15) is 13.2 Å². The summed E-state index contributed by atoms with van der Waals surface area (Å²) in [5, 5.41) is 3.39. The van der Waals surface area contributed by atoms with Crippen LogP contribution in [-0.2, 0) is 0 Å². The third-order valence-corrected chi connectivity index (χ3v) is 5.27. The standard InChI is InChI=1S/C22H33F3N2/c1-3-4-5-6-7-8-11-15-26-16-14-18-17-21(22(23,24)25)27(2)20-13-10-9-12-19(18)20/h9-10,12-13,17,21,26H,3-8,11,14-16H2,1-2H3. The second-order valence-electron chi connectivity index (χ2n) is 7.43. The van der Waals surface area contributed by atoms with Gasteiger partial charge in [0.25, 0.3) is 0 Å². The fourth-order valence-electron chi connectivity index (χ4n) is 3.68. The average Bonchev–Trinajstić information content (AvgIpc) is 2.64. The molecule has 152 valence electrons. The fourth-order valence-corrected chi connectivity index (χ4v) is 3.68. The number of rotatable bonds is 11. The predicted octanol–water partition coefficient (Wildman–Crippen LogP) is 6.18. The van der Waals surface area contributed by atoms with Crippen molar-refractivity contribution in [3.8, 4) is 0 Å². The summed E-state index contributed by atoms with van der Waals surface area (Å²) in [7, 11) is 1.52. The first-order valence-electron chi connectivity index (χ1n) is 10.3. The molecule has 1 aliphatic rings. The summed E-state index contributed by atoms with van der Waals surface area (Å²) in [6.07, 6.45) is 6.60. The lowest BCUT2D eigenvalue weighted by Crippen LogP contribution is -2.44. The van der Waals surface area contributed by atoms with E-state index in [0.717, 1.165) is 24.1 Å². The Labute approximate surface area is 161 Å². The van der Waals surface area contributed by atoms with Gasteiger partial charge in [0, 0.05) is 18.3 Å². The quantitative estimate of drug-likeness (QED) is 0.460. The van der Waals surface area contributed by atoms with Gasteiger partial charge in [-0.3, -0.25) is 0 Å². The van der Waals surface area contributed by atoms with E-state index in [1.54, 1.807) is 12.1 Å². The molecule has 2 rings (SSSR count). The lowest BCUT2D eigenvalue weighted by Gasteiger charge is -2.36. The van der Waals surface area contributed by atoms with Crippen LogP contribution in [0.1, 0.15) is 63.9 Å². The van der Waals surface area contributed by atoms with Crippen molar-refractivity contribution < 1.29 is 13.2 Å². The van der Waals surface area contributed by atoms with Crippen molar-refractivity contribution in [3.05, 3.63) is 35.9 Å². The molecule has 0 saturated heterocycles. The molecule has 2 nitrogen and oxygen atoms in total. The number of likely N-dealkylation sites (N-methyl/N-ethyl adjacent to an activating group) is 1. The Bertz CT molecular complexity index is 595. The monoisotopic (exact) mass is 382 g/mol. The molecule has 0 radical (unpaired) electrons. The Morgan fingerprint density at radius 2 is 1.63 bits per heavy atom. The van der Waals surface area contributed by atoms with E-state index in [-0.39, 0.29) is 0 Å². The van der Waals surface area contributed by atoms with Gasteiger partial charge in [-0.15, -0.1) is 0 Å². The van der Waals surface area contributed by atoms with Crippen molar-refractivity contribution in [2.24, 2.45) is 0 Å². The molecular formula is C22H33F3N2. The van der Waals surface area contributed by atoms with Crippen molar-refractivity contribution in [2.45, 2.75) is 70.5 Å². The zero-order valence-electron chi connectivity index (χ0n) is 16.6. The van der Waals surface area contributed by atoms with E-state index in [0.29, 0.717) is 18.7 Å². The molecule has 0 aliphatic carbocycles. The fraction of sp³-hybridized carbons (Fsp3) is 0.636. The number of halogens is 3. The number of hydrogen-bond donors (Lipinski definition) is 1. The van der Waals surface area contributed by atoms with Gasteiger partial charge in [0.15, 0.2) is 0 Å². The second-order valence-corrected chi connectivity index (χ2v) is 7.43. The van der Waals surface area contributed by atoms with Crippen molar-refractivity contribution in [1.82, 2.24) is 5.32 Å². The third-order valence-electron chi connectivity index (χ3n) is 5.27. The van der Waals surface area contributed by atoms with Gasteiger partial charge in [-0.2, -0.15) is 13.2 Å². The molecule has 0 saturated carbocycles. The largest absolute Gasteiger partial charge is 0.412 e. The highest BCUT2D eigenvalue weighted by Crippen LogP contribution is 2.39. The maximum absolute atomic E-state index is 13.4. The summed E-state index contributed by atoms with van der Waals surface area (Å²) < 4.78 is 40.2. The maximum atomic E-state index is 13.4. The minimum atomic E-state index is -4.27. The topological polar surface area (TPSA) is 15.3 Å². The van der Waals surface area contributed by atoms with Crippen molar-refractivity contribution in [2.75, 3.05) is 25.0 Å². The molecule has 0 fully saturated rings. The number of hydrogen-bond acceptors (Lipinski definition) is 2. The van der Waals surface area contributed by atoms with Crippen LogP contribution in [-0.4, -0.2) is 32.4 Å². The molecule has 0 bridgehead atoms. The Hall–Kier alpha value is -1.49. The minimum absolute atomic E-state index is 0.619. The number of benzene rings is 1. The van der Waals surface area contributed by atoms with Gasteiger partial charge >= 0.3 is 6.18 Å². The molecule has 1 aromatic rings. The van der Waals surface area contributed by atoms with E-state index in [4.69, 9.17) is 0 Å². The Kier molecular flexibility index (Phi) is 8.68. The van der Waals surface area contributed by atoms with Crippen molar-refractivity contribution in [1.29, 1.82) is 0 Å². The normalized spacial score (nSPS) is 17.0. The van der Waals surface area contributed by atoms with Gasteiger partial charge in [-0.25, -0.2) is 0 Å². The van der Waals surface area contributed by atoms with E-state index < -0.39 is 12.2 Å². The van der Waals surface area contributed by atoms with E-state index in [1.807, 2.05) is 12.1 Å². The molecule has 1 aromatic carbocycles. The molecule has 0 spiro atoms. The highest BCUT2D eigenvalue weighted by atomic mass is 19.4. The smallest absolute Gasteiger partial charge is 0.359 e. The van der Waals surface area contributed by atoms with Gasteiger partial charge in [0.05, 0.1) is 0 Å². The van der Waals surface area contributed by atoms with Crippen molar-refractivity contribution in [3.63, 3.8) is 0 Å². The number of anilines is 1. The number of nitrogens with one attached hydrogen (secondary N) is 1. The molecule has 1 atom stereocenters. The molecular weight excluding hydrogens is 349 g/mol. The van der Waals surface area contributed by atoms with Crippen LogP contribution >= 0.6 is 0 Å². The molecule has 1 aliphatic heterocycles. The highest BCUT2D eigenvalue weighted by molar-refractivity contribution is 5.81. The lowest BCUT2D eigenvalue weighted by molar-refractivity contribution is -0.137. The van der Waals surface area contributed by atoms with Gasteiger partial charge < -0.3 is 10.2 Å². The summed E-state index contributed by atoms with van der Waals surface area (Å²) in [5.74, 6) is 0. The SMILES string of the molecule is CCCCCCCCCNCCC1=CC(C(F)(F)F)N(C)c2ccccc21. The summed E-state index contributed by atoms with van der Waals surface area (Å²) in [6, 6.07) is 5.82. The molecule has 1 unspecified atom stereocenters. The number of unbranched alkanes of at least 4 members (excludes halogenated alkanes) is 6. The van der Waals surface area contributed by atoms with Crippen LogP contribution in [0, 0.1) is 0 Å². The average molecular weight is 383 g/mol. The third kappa shape index (κ3) is 6.56. The maximum Gasteiger partial charge on any atom is 0.412 e. The number of nitrogens with zero attached hydrogens (tertiary/aromatic N) is 1. The first kappa shape index (κ1) is 21.8. The second kappa shape index (κ2) is 10.7. The summed E-state index contributed by atoms with van der Waals surface area (Å²) >= 11 is 0. The van der Waals surface area contributed by atoms with Crippen LogP contribution in [0.4, 0.5) is 18.9 Å². The summed E-state index contributed by atoms with van der Waals surface area (Å²) in [4.78, 5) is 1.32. The number of fused-ring (bicyclic) bond motifs is 1. The van der Waals surface area contributed by atoms with Gasteiger partial charge in [-0.1, -0.05) is 63.6 Å². The zero-order chi connectivity index (χ0) is 19.7. The van der Waals surface area contributed by atoms with Crippen LogP contribution < -0.4 is 10.2 Å². The molecule has 27 heavy (non-hydrogen) atoms. The molecule has 5 heteroatoms. The summed E-state index contributed by atoms with van der Waals surface area (Å²) in [5.41, 5.74) is 2.36. The zero-order valence-corrected chi connectivity index (χ0v) is 16.6. The number of alkyl halides is 3. The molecule has 1 N–H and O–H groups in total. The summed E-state index contributed by atoms with van der Waals surface area (Å²) in [6.45, 7) is 3.87. The number of para-hydroxylation sites is 1. The van der Waals surface area contributed by atoms with Crippen LogP contribution in [0.5, 0.6) is 0 Å².